The second-order valence-corrected chi connectivity index (χ2v) is 14.7. The lowest BCUT2D eigenvalue weighted by molar-refractivity contribution is 0.264. The SMILES string of the molecule is CCc1c(C)c2c(c3c1ccn3S(=O)(=O)c1ccc(C)cc1)[C@H](COS(C)(=O)=O)C[C@@H]2COS(C)(=O)=O. The Hall–Kier alpha value is -2.25. The van der Waals surface area contributed by atoms with Crippen LogP contribution in [0.1, 0.15) is 53.0 Å². The number of fused-ring (bicyclic) bond motifs is 3. The first kappa shape index (κ1) is 27.8. The summed E-state index contributed by atoms with van der Waals surface area (Å²) in [6, 6.07) is 8.33. The molecule has 4 rings (SSSR count). The molecule has 1 aliphatic rings. The van der Waals surface area contributed by atoms with E-state index in [0.29, 0.717) is 23.9 Å². The van der Waals surface area contributed by atoms with Crippen molar-refractivity contribution in [1.82, 2.24) is 3.97 Å². The van der Waals surface area contributed by atoms with Crippen LogP contribution < -0.4 is 0 Å². The Bertz CT molecular complexity index is 1670. The standard InChI is InChI=1S/C25H31NO8S3/c1-6-21-17(3)23-18(14-33-35(4,27)28)13-19(15-34-36(5,29)30)24(23)25-22(21)11-12-26(25)37(31,32)20-9-7-16(2)8-10-20/h7-12,18-19H,6,13-15H2,1-5H3/t18-,19+/m1/s1. The van der Waals surface area contributed by atoms with Gasteiger partial charge in [-0.25, -0.2) is 12.4 Å². The number of benzene rings is 2. The molecular formula is C25H31NO8S3. The van der Waals surface area contributed by atoms with E-state index in [1.807, 2.05) is 20.8 Å². The first-order chi connectivity index (χ1) is 17.1. The predicted octanol–water partition coefficient (Wildman–Crippen LogP) is 3.58. The third kappa shape index (κ3) is 5.49. The van der Waals surface area contributed by atoms with Gasteiger partial charge in [0.2, 0.25) is 0 Å². The normalized spacial score (nSPS) is 18.4. The smallest absolute Gasteiger partial charge is 0.268 e. The van der Waals surface area contributed by atoms with Gasteiger partial charge in [0.25, 0.3) is 30.3 Å². The fourth-order valence-electron chi connectivity index (χ4n) is 5.33. The Morgan fingerprint density at radius 3 is 1.89 bits per heavy atom. The Morgan fingerprint density at radius 1 is 0.838 bits per heavy atom. The van der Waals surface area contributed by atoms with Crippen LogP contribution in [-0.4, -0.2) is 55.0 Å². The van der Waals surface area contributed by atoms with E-state index >= 15 is 0 Å². The minimum absolute atomic E-state index is 0.127. The van der Waals surface area contributed by atoms with Crippen LogP contribution in [0.4, 0.5) is 0 Å². The summed E-state index contributed by atoms with van der Waals surface area (Å²) in [5.41, 5.74) is 4.68. The van der Waals surface area contributed by atoms with Gasteiger partial charge in [-0.3, -0.25) is 8.37 Å². The molecule has 0 radical (unpaired) electrons. The topological polar surface area (TPSA) is 126 Å². The van der Waals surface area contributed by atoms with Gasteiger partial charge in [0.15, 0.2) is 0 Å². The highest BCUT2D eigenvalue weighted by Gasteiger charge is 2.38. The summed E-state index contributed by atoms with van der Waals surface area (Å²) >= 11 is 0. The molecule has 1 aromatic heterocycles. The van der Waals surface area contributed by atoms with Crippen molar-refractivity contribution in [3.05, 3.63) is 64.3 Å². The maximum atomic E-state index is 13.8. The lowest BCUT2D eigenvalue weighted by Gasteiger charge is -2.20. The van der Waals surface area contributed by atoms with Crippen molar-refractivity contribution in [1.29, 1.82) is 0 Å². The van der Waals surface area contributed by atoms with E-state index in [0.717, 1.165) is 40.2 Å². The van der Waals surface area contributed by atoms with Crippen molar-refractivity contribution in [2.75, 3.05) is 25.7 Å². The molecule has 0 amide bonds. The lowest BCUT2D eigenvalue weighted by atomic mass is 9.89. The summed E-state index contributed by atoms with van der Waals surface area (Å²) in [5.74, 6) is -0.884. The molecule has 9 nitrogen and oxygen atoms in total. The van der Waals surface area contributed by atoms with Crippen molar-refractivity contribution >= 4 is 41.2 Å². The first-order valence-corrected chi connectivity index (χ1v) is 16.9. The average molecular weight is 570 g/mol. The molecule has 202 valence electrons. The number of nitrogens with zero attached hydrogens (tertiary/aromatic N) is 1. The minimum Gasteiger partial charge on any atom is -0.270 e. The third-order valence-electron chi connectivity index (χ3n) is 6.86. The molecule has 0 bridgehead atoms. The van der Waals surface area contributed by atoms with Crippen molar-refractivity contribution in [2.45, 2.75) is 50.3 Å². The van der Waals surface area contributed by atoms with Crippen molar-refractivity contribution < 1.29 is 33.6 Å². The second kappa shape index (κ2) is 9.81. The van der Waals surface area contributed by atoms with E-state index in [1.165, 1.54) is 10.2 Å². The highest BCUT2D eigenvalue weighted by molar-refractivity contribution is 7.90. The first-order valence-electron chi connectivity index (χ1n) is 11.8. The molecule has 0 spiro atoms. The fourth-order valence-corrected chi connectivity index (χ4v) is 7.52. The van der Waals surface area contributed by atoms with E-state index in [4.69, 9.17) is 8.37 Å². The molecule has 0 unspecified atom stereocenters. The monoisotopic (exact) mass is 569 g/mol. The van der Waals surface area contributed by atoms with Gasteiger partial charge in [-0.2, -0.15) is 16.8 Å². The fraction of sp³-hybridized carbons (Fsp3) is 0.440. The van der Waals surface area contributed by atoms with Gasteiger partial charge in [-0.1, -0.05) is 24.6 Å². The van der Waals surface area contributed by atoms with Crippen LogP contribution in [0.2, 0.25) is 0 Å². The predicted molar refractivity (Wildman–Crippen MR) is 142 cm³/mol. The number of rotatable bonds is 9. The summed E-state index contributed by atoms with van der Waals surface area (Å²) in [6.07, 6.45) is 4.42. The Kier molecular flexibility index (Phi) is 7.36. The molecule has 2 aromatic carbocycles. The van der Waals surface area contributed by atoms with Gasteiger partial charge in [-0.05, 0) is 67.1 Å². The maximum absolute atomic E-state index is 13.8. The molecule has 0 aliphatic heterocycles. The molecule has 37 heavy (non-hydrogen) atoms. The number of aryl methyl sites for hydroxylation is 2. The molecule has 12 heteroatoms. The van der Waals surface area contributed by atoms with Gasteiger partial charge < -0.3 is 0 Å². The van der Waals surface area contributed by atoms with Crippen molar-refractivity contribution in [2.24, 2.45) is 0 Å². The van der Waals surface area contributed by atoms with E-state index in [2.05, 4.69) is 0 Å². The van der Waals surface area contributed by atoms with Crippen LogP contribution in [0, 0.1) is 13.8 Å². The van der Waals surface area contributed by atoms with Gasteiger partial charge in [0, 0.05) is 23.4 Å². The second-order valence-electron chi connectivity index (χ2n) is 9.58. The van der Waals surface area contributed by atoms with Gasteiger partial charge in [-0.15, -0.1) is 0 Å². The van der Waals surface area contributed by atoms with Gasteiger partial charge in [0.1, 0.15) is 0 Å². The molecule has 3 aromatic rings. The van der Waals surface area contributed by atoms with Gasteiger partial charge >= 0.3 is 0 Å². The Balaban J connectivity index is 2.00. The lowest BCUT2D eigenvalue weighted by Crippen LogP contribution is -2.16. The van der Waals surface area contributed by atoms with Crippen LogP contribution in [-0.2, 0) is 45.0 Å². The number of aromatic nitrogens is 1. The van der Waals surface area contributed by atoms with Gasteiger partial charge in [0.05, 0.1) is 36.1 Å². The molecule has 1 heterocycles. The largest absolute Gasteiger partial charge is 0.270 e. The van der Waals surface area contributed by atoms with E-state index in [9.17, 15) is 25.3 Å². The van der Waals surface area contributed by atoms with Crippen LogP contribution in [0.3, 0.4) is 0 Å². The highest BCUT2D eigenvalue weighted by atomic mass is 32.2. The van der Waals surface area contributed by atoms with E-state index in [1.54, 1.807) is 30.3 Å². The zero-order valence-corrected chi connectivity index (χ0v) is 23.8. The molecular weight excluding hydrogens is 538 g/mol. The van der Waals surface area contributed by atoms with Crippen LogP contribution >= 0.6 is 0 Å². The third-order valence-corrected chi connectivity index (χ3v) is 9.68. The zero-order chi connectivity index (χ0) is 27.3. The summed E-state index contributed by atoms with van der Waals surface area (Å²) in [5, 5.41) is 0.753. The Morgan fingerprint density at radius 2 is 1.38 bits per heavy atom. The van der Waals surface area contributed by atoms with Crippen molar-refractivity contribution in [3.8, 4) is 0 Å². The van der Waals surface area contributed by atoms with Crippen molar-refractivity contribution in [3.63, 3.8) is 0 Å². The molecule has 2 atom stereocenters. The molecule has 0 fully saturated rings. The molecule has 0 saturated carbocycles. The van der Waals surface area contributed by atoms with Crippen LogP contribution in [0.15, 0.2) is 41.4 Å². The minimum atomic E-state index is -3.99. The van der Waals surface area contributed by atoms with E-state index < -0.39 is 42.1 Å². The van der Waals surface area contributed by atoms with Crippen LogP contribution in [0.5, 0.6) is 0 Å². The quantitative estimate of drug-likeness (QED) is 0.358. The zero-order valence-electron chi connectivity index (χ0n) is 21.4. The van der Waals surface area contributed by atoms with E-state index in [-0.39, 0.29) is 18.1 Å². The Labute approximate surface area is 218 Å². The number of hydrogen-bond acceptors (Lipinski definition) is 8. The molecule has 0 N–H and O–H groups in total. The maximum Gasteiger partial charge on any atom is 0.268 e. The molecule has 1 aliphatic carbocycles. The highest BCUT2D eigenvalue weighted by Crippen LogP contribution is 2.49. The molecule has 0 saturated heterocycles. The summed E-state index contributed by atoms with van der Waals surface area (Å²) in [4.78, 5) is 0.127. The summed E-state index contributed by atoms with van der Waals surface area (Å²) in [7, 11) is -11.5. The average Bonchev–Trinajstić information content (AvgIpc) is 3.38. The summed E-state index contributed by atoms with van der Waals surface area (Å²) < 4.78 is 86.4. The number of hydrogen-bond donors (Lipinski definition) is 0. The summed E-state index contributed by atoms with van der Waals surface area (Å²) in [6.45, 7) is 5.44. The van der Waals surface area contributed by atoms with Crippen LogP contribution in [0.25, 0.3) is 10.9 Å².